The molecule has 1 fully saturated rings. The number of carboxylic acid groups (broad SMARTS) is 1. The Labute approximate surface area is 130 Å². The number of para-hydroxylation sites is 1. The van der Waals surface area contributed by atoms with Crippen molar-refractivity contribution in [3.05, 3.63) is 30.3 Å². The van der Waals surface area contributed by atoms with Gasteiger partial charge in [0.15, 0.2) is 0 Å². The number of amides is 1. The van der Waals surface area contributed by atoms with Crippen LogP contribution in [0.25, 0.3) is 0 Å². The Morgan fingerprint density at radius 2 is 1.82 bits per heavy atom. The summed E-state index contributed by atoms with van der Waals surface area (Å²) in [5.41, 5.74) is 1.23. The molecule has 22 heavy (non-hydrogen) atoms. The van der Waals surface area contributed by atoms with Crippen molar-refractivity contribution in [2.75, 3.05) is 37.6 Å². The second kappa shape index (κ2) is 7.79. The largest absolute Gasteiger partial charge is 0.480 e. The number of nitrogens with zero attached hydrogens (tertiary/aromatic N) is 2. The first-order valence-corrected chi connectivity index (χ1v) is 7.61. The van der Waals surface area contributed by atoms with E-state index < -0.39 is 12.0 Å². The van der Waals surface area contributed by atoms with E-state index in [1.165, 1.54) is 12.6 Å². The summed E-state index contributed by atoms with van der Waals surface area (Å²) in [6.45, 7) is 5.85. The average Bonchev–Trinajstić information content (AvgIpc) is 2.54. The number of anilines is 1. The Morgan fingerprint density at radius 3 is 2.41 bits per heavy atom. The number of piperazine rings is 1. The van der Waals surface area contributed by atoms with Crippen LogP contribution in [-0.4, -0.2) is 60.6 Å². The van der Waals surface area contributed by atoms with Crippen LogP contribution in [0.4, 0.5) is 5.69 Å². The molecule has 1 heterocycles. The van der Waals surface area contributed by atoms with Crippen LogP contribution in [-0.2, 0) is 9.59 Å². The molecule has 6 heteroatoms. The summed E-state index contributed by atoms with van der Waals surface area (Å²) in [5, 5.41) is 11.2. The maximum absolute atomic E-state index is 11.7. The maximum Gasteiger partial charge on any atom is 0.325 e. The summed E-state index contributed by atoms with van der Waals surface area (Å²) in [5.74, 6) is -1.22. The molecule has 0 aliphatic carbocycles. The minimum Gasteiger partial charge on any atom is -0.480 e. The zero-order valence-corrected chi connectivity index (χ0v) is 12.9. The lowest BCUT2D eigenvalue weighted by atomic mass is 10.2. The SMILES string of the molecule is C[C@@H](NC(=O)CCN1CCN(c2ccccc2)CC1)C(=O)O. The third kappa shape index (κ3) is 4.73. The Balaban J connectivity index is 1.69. The molecule has 1 saturated heterocycles. The third-order valence-electron chi connectivity index (χ3n) is 3.90. The van der Waals surface area contributed by atoms with E-state index in [4.69, 9.17) is 5.11 Å². The molecule has 2 rings (SSSR count). The lowest BCUT2D eigenvalue weighted by molar-refractivity contribution is -0.141. The van der Waals surface area contributed by atoms with Crippen molar-refractivity contribution in [3.63, 3.8) is 0 Å². The molecule has 0 bridgehead atoms. The van der Waals surface area contributed by atoms with Gasteiger partial charge in [-0.15, -0.1) is 0 Å². The molecule has 1 aliphatic rings. The first kappa shape index (κ1) is 16.3. The van der Waals surface area contributed by atoms with Crippen LogP contribution in [0.3, 0.4) is 0 Å². The van der Waals surface area contributed by atoms with Gasteiger partial charge < -0.3 is 15.3 Å². The minimum absolute atomic E-state index is 0.208. The van der Waals surface area contributed by atoms with Gasteiger partial charge in [-0.2, -0.15) is 0 Å². The van der Waals surface area contributed by atoms with Crippen molar-refractivity contribution in [3.8, 4) is 0 Å². The Morgan fingerprint density at radius 1 is 1.18 bits per heavy atom. The molecule has 1 aliphatic heterocycles. The van der Waals surface area contributed by atoms with E-state index in [-0.39, 0.29) is 5.91 Å². The second-order valence-electron chi connectivity index (χ2n) is 5.54. The molecule has 0 aromatic heterocycles. The molecular formula is C16H23N3O3. The van der Waals surface area contributed by atoms with Crippen LogP contribution in [0.2, 0.25) is 0 Å². The smallest absolute Gasteiger partial charge is 0.325 e. The summed E-state index contributed by atoms with van der Waals surface area (Å²) in [6, 6.07) is 9.47. The van der Waals surface area contributed by atoms with Gasteiger partial charge in [0.1, 0.15) is 6.04 Å². The monoisotopic (exact) mass is 305 g/mol. The minimum atomic E-state index is -1.01. The van der Waals surface area contributed by atoms with Gasteiger partial charge in [0, 0.05) is 44.8 Å². The number of carbonyl (C=O) groups excluding carboxylic acids is 1. The van der Waals surface area contributed by atoms with E-state index >= 15 is 0 Å². The molecular weight excluding hydrogens is 282 g/mol. The highest BCUT2D eigenvalue weighted by atomic mass is 16.4. The first-order valence-electron chi connectivity index (χ1n) is 7.61. The molecule has 0 saturated carbocycles. The lowest BCUT2D eigenvalue weighted by Crippen LogP contribution is -2.47. The first-order chi connectivity index (χ1) is 10.6. The molecule has 6 nitrogen and oxygen atoms in total. The Hall–Kier alpha value is -2.08. The van der Waals surface area contributed by atoms with Gasteiger partial charge >= 0.3 is 5.97 Å². The van der Waals surface area contributed by atoms with Crippen molar-refractivity contribution in [2.45, 2.75) is 19.4 Å². The van der Waals surface area contributed by atoms with Gasteiger partial charge in [-0.05, 0) is 19.1 Å². The summed E-state index contributed by atoms with van der Waals surface area (Å²) < 4.78 is 0. The van der Waals surface area contributed by atoms with Crippen LogP contribution in [0, 0.1) is 0 Å². The predicted octanol–water partition coefficient (Wildman–Crippen LogP) is 0.788. The highest BCUT2D eigenvalue weighted by Gasteiger charge is 2.19. The highest BCUT2D eigenvalue weighted by molar-refractivity contribution is 5.83. The third-order valence-corrected chi connectivity index (χ3v) is 3.90. The standard InChI is InChI=1S/C16H23N3O3/c1-13(16(21)22)17-15(20)7-8-18-9-11-19(12-10-18)14-5-3-2-4-6-14/h2-6,13H,7-12H2,1H3,(H,17,20)(H,21,22)/t13-/m1/s1. The Kier molecular flexibility index (Phi) is 5.77. The zero-order chi connectivity index (χ0) is 15.9. The van der Waals surface area contributed by atoms with E-state index in [0.717, 1.165) is 26.2 Å². The topological polar surface area (TPSA) is 72.9 Å². The fourth-order valence-electron chi connectivity index (χ4n) is 2.50. The molecule has 1 aromatic rings. The molecule has 1 atom stereocenters. The number of carboxylic acids is 1. The van der Waals surface area contributed by atoms with E-state index in [2.05, 4.69) is 27.2 Å². The quantitative estimate of drug-likeness (QED) is 0.813. The van der Waals surface area contributed by atoms with Crippen LogP contribution in [0.1, 0.15) is 13.3 Å². The van der Waals surface area contributed by atoms with Gasteiger partial charge in [-0.3, -0.25) is 14.5 Å². The van der Waals surface area contributed by atoms with Crippen molar-refractivity contribution in [1.82, 2.24) is 10.2 Å². The number of aliphatic carboxylic acids is 1. The number of nitrogens with one attached hydrogen (secondary N) is 1. The molecule has 0 spiro atoms. The van der Waals surface area contributed by atoms with Gasteiger partial charge in [0.2, 0.25) is 5.91 Å². The van der Waals surface area contributed by atoms with Crippen molar-refractivity contribution < 1.29 is 14.7 Å². The van der Waals surface area contributed by atoms with Crippen molar-refractivity contribution >= 4 is 17.6 Å². The normalized spacial score (nSPS) is 17.0. The summed E-state index contributed by atoms with van der Waals surface area (Å²) >= 11 is 0. The van der Waals surface area contributed by atoms with Crippen molar-refractivity contribution in [2.24, 2.45) is 0 Å². The summed E-state index contributed by atoms with van der Waals surface area (Å²) in [6.07, 6.45) is 0.336. The van der Waals surface area contributed by atoms with Gasteiger partial charge in [-0.1, -0.05) is 18.2 Å². The van der Waals surface area contributed by atoms with Crippen LogP contribution in [0.15, 0.2) is 30.3 Å². The van der Waals surface area contributed by atoms with E-state index in [9.17, 15) is 9.59 Å². The lowest BCUT2D eigenvalue weighted by Gasteiger charge is -2.36. The van der Waals surface area contributed by atoms with Crippen molar-refractivity contribution in [1.29, 1.82) is 0 Å². The van der Waals surface area contributed by atoms with Crippen LogP contribution >= 0.6 is 0 Å². The molecule has 1 amide bonds. The average molecular weight is 305 g/mol. The summed E-state index contributed by atoms with van der Waals surface area (Å²) in [7, 11) is 0. The number of rotatable bonds is 6. The number of hydrogen-bond acceptors (Lipinski definition) is 4. The van der Waals surface area contributed by atoms with Crippen LogP contribution in [0.5, 0.6) is 0 Å². The number of hydrogen-bond donors (Lipinski definition) is 2. The summed E-state index contributed by atoms with van der Waals surface area (Å²) in [4.78, 5) is 26.9. The van der Waals surface area contributed by atoms with Gasteiger partial charge in [0.25, 0.3) is 0 Å². The van der Waals surface area contributed by atoms with Gasteiger partial charge in [-0.25, -0.2) is 0 Å². The highest BCUT2D eigenvalue weighted by Crippen LogP contribution is 2.15. The molecule has 2 N–H and O–H groups in total. The fraction of sp³-hybridized carbons (Fsp3) is 0.500. The Bertz CT molecular complexity index is 499. The van der Waals surface area contributed by atoms with Gasteiger partial charge in [0.05, 0.1) is 0 Å². The number of benzene rings is 1. The molecule has 120 valence electrons. The molecule has 0 unspecified atom stereocenters. The van der Waals surface area contributed by atoms with E-state index in [1.54, 1.807) is 0 Å². The van der Waals surface area contributed by atoms with E-state index in [1.807, 2.05) is 18.2 Å². The zero-order valence-electron chi connectivity index (χ0n) is 12.9. The molecule has 1 aromatic carbocycles. The van der Waals surface area contributed by atoms with Crippen LogP contribution < -0.4 is 10.2 Å². The fourth-order valence-corrected chi connectivity index (χ4v) is 2.50. The maximum atomic E-state index is 11.7. The number of carbonyl (C=O) groups is 2. The van der Waals surface area contributed by atoms with E-state index in [0.29, 0.717) is 13.0 Å². The molecule has 0 radical (unpaired) electrons. The second-order valence-corrected chi connectivity index (χ2v) is 5.54. The predicted molar refractivity (Wildman–Crippen MR) is 85.0 cm³/mol.